The number of hydrogen-bond donors (Lipinski definition) is 2. The highest BCUT2D eigenvalue weighted by Crippen LogP contribution is 2.25. The average Bonchev–Trinajstić information content (AvgIpc) is 3.11. The third-order valence-electron chi connectivity index (χ3n) is 4.29. The first-order valence-corrected chi connectivity index (χ1v) is 8.60. The maximum atomic E-state index is 12.5. The fourth-order valence-corrected chi connectivity index (χ4v) is 2.85. The first-order chi connectivity index (χ1) is 13.7. The highest BCUT2D eigenvalue weighted by atomic mass is 16.5. The smallest absolute Gasteiger partial charge is 0.255 e. The first-order valence-electron chi connectivity index (χ1n) is 8.60. The van der Waals surface area contributed by atoms with Crippen LogP contribution in [0.2, 0.25) is 0 Å². The Morgan fingerprint density at radius 1 is 1.07 bits per heavy atom. The molecule has 0 fully saturated rings. The number of hydrogen-bond acceptors (Lipinski definition) is 6. The lowest BCUT2D eigenvalue weighted by atomic mass is 10.2. The van der Waals surface area contributed by atoms with Crippen LogP contribution in [0.4, 0.5) is 17.2 Å². The van der Waals surface area contributed by atoms with Crippen molar-refractivity contribution in [1.82, 2.24) is 19.7 Å². The van der Waals surface area contributed by atoms with E-state index in [-0.39, 0.29) is 5.91 Å². The fraction of sp³-hybridized carbons (Fsp3) is 0.100. The molecule has 4 rings (SSSR count). The molecule has 0 atom stereocenters. The average molecular weight is 374 g/mol. The van der Waals surface area contributed by atoms with E-state index in [1.807, 2.05) is 31.3 Å². The number of anilines is 3. The van der Waals surface area contributed by atoms with E-state index in [9.17, 15) is 4.79 Å². The Morgan fingerprint density at radius 2 is 1.86 bits per heavy atom. The molecule has 0 saturated carbocycles. The van der Waals surface area contributed by atoms with Crippen LogP contribution in [0.1, 0.15) is 10.4 Å². The standard InChI is InChI=1S/C20H18N6O2/c1-26-19-15(11-23-26)18(21-12-22-19)24-14-9-7-13(8-10-14)20(27)25-16-5-3-4-6-17(16)28-2/h3-12H,1-2H3,(H,25,27)(H,21,22,24). The van der Waals surface area contributed by atoms with Crippen molar-refractivity contribution in [3.05, 3.63) is 66.6 Å². The van der Waals surface area contributed by atoms with Gasteiger partial charge in [-0.1, -0.05) is 12.1 Å². The summed E-state index contributed by atoms with van der Waals surface area (Å²) in [6.07, 6.45) is 3.20. The van der Waals surface area contributed by atoms with Crippen LogP contribution in [0.15, 0.2) is 61.1 Å². The minimum absolute atomic E-state index is 0.215. The molecule has 28 heavy (non-hydrogen) atoms. The third-order valence-corrected chi connectivity index (χ3v) is 4.29. The molecule has 0 radical (unpaired) electrons. The normalized spacial score (nSPS) is 10.6. The van der Waals surface area contributed by atoms with E-state index in [1.165, 1.54) is 6.33 Å². The number of fused-ring (bicyclic) bond motifs is 1. The number of ether oxygens (including phenoxy) is 1. The number of para-hydroxylation sites is 2. The van der Waals surface area contributed by atoms with Crippen LogP contribution in [0.25, 0.3) is 11.0 Å². The number of benzene rings is 2. The summed E-state index contributed by atoms with van der Waals surface area (Å²) in [6.45, 7) is 0. The lowest BCUT2D eigenvalue weighted by Gasteiger charge is -2.10. The van der Waals surface area contributed by atoms with Gasteiger partial charge in [-0.15, -0.1) is 0 Å². The van der Waals surface area contributed by atoms with Gasteiger partial charge in [-0.05, 0) is 36.4 Å². The van der Waals surface area contributed by atoms with Crippen molar-refractivity contribution in [2.75, 3.05) is 17.7 Å². The van der Waals surface area contributed by atoms with Gasteiger partial charge >= 0.3 is 0 Å². The fourth-order valence-electron chi connectivity index (χ4n) is 2.85. The number of aryl methyl sites for hydroxylation is 1. The summed E-state index contributed by atoms with van der Waals surface area (Å²) in [7, 11) is 3.39. The number of carbonyl (C=O) groups excluding carboxylic acids is 1. The molecule has 8 nitrogen and oxygen atoms in total. The summed E-state index contributed by atoms with van der Waals surface area (Å²) in [5.41, 5.74) is 2.70. The van der Waals surface area contributed by atoms with E-state index in [2.05, 4.69) is 25.7 Å². The zero-order valence-corrected chi connectivity index (χ0v) is 15.4. The van der Waals surface area contributed by atoms with Gasteiger partial charge in [0.2, 0.25) is 0 Å². The van der Waals surface area contributed by atoms with Gasteiger partial charge in [-0.3, -0.25) is 9.48 Å². The van der Waals surface area contributed by atoms with E-state index >= 15 is 0 Å². The molecular weight excluding hydrogens is 356 g/mol. The zero-order chi connectivity index (χ0) is 19.5. The van der Waals surface area contributed by atoms with Crippen molar-refractivity contribution >= 4 is 34.1 Å². The van der Waals surface area contributed by atoms with Gasteiger partial charge in [0.15, 0.2) is 5.65 Å². The van der Waals surface area contributed by atoms with Crippen molar-refractivity contribution in [1.29, 1.82) is 0 Å². The molecule has 2 heterocycles. The van der Waals surface area contributed by atoms with E-state index in [4.69, 9.17) is 4.74 Å². The molecule has 2 N–H and O–H groups in total. The second-order valence-corrected chi connectivity index (χ2v) is 6.08. The Balaban J connectivity index is 1.51. The predicted molar refractivity (Wildman–Crippen MR) is 107 cm³/mol. The Labute approximate surface area is 161 Å². The highest BCUT2D eigenvalue weighted by Gasteiger charge is 2.11. The van der Waals surface area contributed by atoms with Crippen LogP contribution in [0, 0.1) is 0 Å². The third kappa shape index (κ3) is 3.35. The summed E-state index contributed by atoms with van der Waals surface area (Å²) in [5.74, 6) is 1.05. The number of aromatic nitrogens is 4. The summed E-state index contributed by atoms with van der Waals surface area (Å²) in [6, 6.07) is 14.4. The summed E-state index contributed by atoms with van der Waals surface area (Å²) >= 11 is 0. The van der Waals surface area contributed by atoms with Crippen LogP contribution in [0.5, 0.6) is 5.75 Å². The van der Waals surface area contributed by atoms with Gasteiger partial charge in [0.1, 0.15) is 17.9 Å². The number of methoxy groups -OCH3 is 1. The van der Waals surface area contributed by atoms with Crippen molar-refractivity contribution in [3.63, 3.8) is 0 Å². The van der Waals surface area contributed by atoms with Gasteiger partial charge in [0.05, 0.1) is 24.4 Å². The molecule has 0 aliphatic heterocycles. The van der Waals surface area contributed by atoms with Gasteiger partial charge in [0.25, 0.3) is 5.91 Å². The van der Waals surface area contributed by atoms with Gasteiger partial charge < -0.3 is 15.4 Å². The van der Waals surface area contributed by atoms with E-state index in [1.54, 1.807) is 42.3 Å². The molecule has 8 heteroatoms. The SMILES string of the molecule is COc1ccccc1NC(=O)c1ccc(Nc2ncnc3c2cnn3C)cc1. The molecule has 140 valence electrons. The Bertz CT molecular complexity index is 1140. The van der Waals surface area contributed by atoms with Crippen LogP contribution >= 0.6 is 0 Å². The minimum atomic E-state index is -0.215. The number of nitrogens with zero attached hydrogens (tertiary/aromatic N) is 4. The molecular formula is C20H18N6O2. The van der Waals surface area contributed by atoms with Crippen LogP contribution < -0.4 is 15.4 Å². The van der Waals surface area contributed by atoms with E-state index in [0.717, 1.165) is 16.7 Å². The number of carbonyl (C=O) groups is 1. The quantitative estimate of drug-likeness (QED) is 0.556. The monoisotopic (exact) mass is 374 g/mol. The lowest BCUT2D eigenvalue weighted by molar-refractivity contribution is 0.102. The van der Waals surface area contributed by atoms with Crippen molar-refractivity contribution in [2.45, 2.75) is 0 Å². The molecule has 2 aromatic carbocycles. The van der Waals surface area contributed by atoms with Crippen molar-refractivity contribution < 1.29 is 9.53 Å². The summed E-state index contributed by atoms with van der Waals surface area (Å²) in [5, 5.41) is 11.1. The van der Waals surface area contributed by atoms with Gasteiger partial charge in [-0.25, -0.2) is 9.97 Å². The van der Waals surface area contributed by atoms with Crippen molar-refractivity contribution in [2.24, 2.45) is 7.05 Å². The van der Waals surface area contributed by atoms with Gasteiger partial charge in [-0.2, -0.15) is 5.10 Å². The number of amides is 1. The predicted octanol–water partition coefficient (Wildman–Crippen LogP) is 3.37. The van der Waals surface area contributed by atoms with Crippen molar-refractivity contribution in [3.8, 4) is 5.75 Å². The minimum Gasteiger partial charge on any atom is -0.495 e. The molecule has 0 aliphatic carbocycles. The molecule has 0 bridgehead atoms. The Kier molecular flexibility index (Phi) is 4.59. The Hall–Kier alpha value is -3.94. The molecule has 0 aliphatic rings. The second-order valence-electron chi connectivity index (χ2n) is 6.08. The maximum Gasteiger partial charge on any atom is 0.255 e. The topological polar surface area (TPSA) is 94.0 Å². The lowest BCUT2D eigenvalue weighted by Crippen LogP contribution is -2.12. The molecule has 2 aromatic heterocycles. The van der Waals surface area contributed by atoms with Crippen LogP contribution in [0.3, 0.4) is 0 Å². The first kappa shape index (κ1) is 17.5. The largest absolute Gasteiger partial charge is 0.495 e. The number of nitrogens with one attached hydrogen (secondary N) is 2. The molecule has 1 amide bonds. The maximum absolute atomic E-state index is 12.5. The van der Waals surface area contributed by atoms with Crippen LogP contribution in [-0.4, -0.2) is 32.8 Å². The van der Waals surface area contributed by atoms with Gasteiger partial charge in [0, 0.05) is 18.3 Å². The molecule has 0 unspecified atom stereocenters. The van der Waals surface area contributed by atoms with Crippen LogP contribution in [-0.2, 0) is 7.05 Å². The Morgan fingerprint density at radius 3 is 2.64 bits per heavy atom. The van der Waals surface area contributed by atoms with E-state index in [0.29, 0.717) is 22.8 Å². The summed E-state index contributed by atoms with van der Waals surface area (Å²) < 4.78 is 6.95. The second kappa shape index (κ2) is 7.36. The molecule has 4 aromatic rings. The highest BCUT2D eigenvalue weighted by molar-refractivity contribution is 6.05. The molecule has 0 saturated heterocycles. The van der Waals surface area contributed by atoms with E-state index < -0.39 is 0 Å². The summed E-state index contributed by atoms with van der Waals surface area (Å²) in [4.78, 5) is 21.0. The zero-order valence-electron chi connectivity index (χ0n) is 15.4. The molecule has 0 spiro atoms. The number of rotatable bonds is 5.